The van der Waals surface area contributed by atoms with Crippen LogP contribution in [0, 0.1) is 6.92 Å². The molecule has 2 aliphatic heterocycles. The number of aromatic nitrogens is 4. The topological polar surface area (TPSA) is 91.3 Å². The van der Waals surface area contributed by atoms with Gasteiger partial charge in [0.2, 0.25) is 5.88 Å². The molecule has 4 aromatic rings. The van der Waals surface area contributed by atoms with Crippen LogP contribution in [0.15, 0.2) is 60.4 Å². The summed E-state index contributed by atoms with van der Waals surface area (Å²) in [6, 6.07) is 16.6. The summed E-state index contributed by atoms with van der Waals surface area (Å²) in [6.07, 6.45) is 8.05. The number of allylic oxidation sites excluding steroid dienone is 1. The second-order valence-corrected chi connectivity index (χ2v) is 11.3. The lowest BCUT2D eigenvalue weighted by atomic mass is 9.93. The molecule has 2 aliphatic rings. The first-order chi connectivity index (χ1) is 20.1. The summed E-state index contributed by atoms with van der Waals surface area (Å²) in [5, 5.41) is 0. The fourth-order valence-corrected chi connectivity index (χ4v) is 5.70. The van der Waals surface area contributed by atoms with Gasteiger partial charge in [0, 0.05) is 41.7 Å². The number of imidazole rings is 1. The van der Waals surface area contributed by atoms with E-state index in [9.17, 15) is 0 Å². The first kappa shape index (κ1) is 27.4. The van der Waals surface area contributed by atoms with Gasteiger partial charge < -0.3 is 19.8 Å². The first-order valence-electron chi connectivity index (χ1n) is 14.8. The monoisotopic (exact) mass is 552 g/mol. The molecule has 0 bridgehead atoms. The summed E-state index contributed by atoms with van der Waals surface area (Å²) < 4.78 is 14.3. The third-order valence-electron chi connectivity index (χ3n) is 8.31. The predicted molar refractivity (Wildman–Crippen MR) is 161 cm³/mol. The van der Waals surface area contributed by atoms with Crippen molar-refractivity contribution in [1.82, 2.24) is 24.4 Å². The zero-order valence-corrected chi connectivity index (χ0v) is 24.1. The van der Waals surface area contributed by atoms with Crippen LogP contribution in [0.1, 0.15) is 66.9 Å². The number of hydrogen-bond donors (Lipinski definition) is 1. The van der Waals surface area contributed by atoms with Gasteiger partial charge in [-0.1, -0.05) is 25.1 Å². The van der Waals surface area contributed by atoms with E-state index in [2.05, 4.69) is 51.7 Å². The zero-order valence-electron chi connectivity index (χ0n) is 24.1. The van der Waals surface area contributed by atoms with E-state index in [1.807, 2.05) is 31.2 Å². The van der Waals surface area contributed by atoms with E-state index in [0.717, 1.165) is 92.5 Å². The highest BCUT2D eigenvalue weighted by Crippen LogP contribution is 2.30. The molecule has 2 N–H and O–H groups in total. The highest BCUT2D eigenvalue weighted by molar-refractivity contribution is 5.77. The van der Waals surface area contributed by atoms with Crippen molar-refractivity contribution in [2.45, 2.75) is 71.2 Å². The Morgan fingerprint density at radius 3 is 2.73 bits per heavy atom. The molecule has 41 heavy (non-hydrogen) atoms. The number of aryl methyl sites for hydroxylation is 1. The van der Waals surface area contributed by atoms with Crippen molar-refractivity contribution in [3.8, 4) is 5.88 Å². The molecule has 214 valence electrons. The van der Waals surface area contributed by atoms with E-state index >= 15 is 0 Å². The van der Waals surface area contributed by atoms with Crippen LogP contribution in [0.3, 0.4) is 0 Å². The van der Waals surface area contributed by atoms with Gasteiger partial charge in [0.1, 0.15) is 12.4 Å². The van der Waals surface area contributed by atoms with Crippen LogP contribution in [0.2, 0.25) is 0 Å². The minimum absolute atomic E-state index is 0.300. The summed E-state index contributed by atoms with van der Waals surface area (Å²) >= 11 is 0. The van der Waals surface area contributed by atoms with Gasteiger partial charge in [0.25, 0.3) is 0 Å². The number of ether oxygens (including phenoxy) is 2. The maximum atomic E-state index is 6.12. The third kappa shape index (κ3) is 6.44. The smallest absolute Gasteiger partial charge is 0.213 e. The van der Waals surface area contributed by atoms with E-state index in [-0.39, 0.29) is 0 Å². The molecular formula is C33H40N6O2. The van der Waals surface area contributed by atoms with Crippen molar-refractivity contribution in [2.75, 3.05) is 19.7 Å². The molecule has 2 saturated heterocycles. The van der Waals surface area contributed by atoms with Gasteiger partial charge >= 0.3 is 0 Å². The quantitative estimate of drug-likeness (QED) is 0.274. The molecule has 5 heterocycles. The second kappa shape index (κ2) is 12.4. The van der Waals surface area contributed by atoms with Gasteiger partial charge in [0.05, 0.1) is 35.9 Å². The summed E-state index contributed by atoms with van der Waals surface area (Å²) in [5.74, 6) is 2.20. The van der Waals surface area contributed by atoms with Crippen LogP contribution in [-0.4, -0.2) is 50.2 Å². The lowest BCUT2D eigenvalue weighted by Crippen LogP contribution is -2.35. The largest absolute Gasteiger partial charge is 0.473 e. The lowest BCUT2D eigenvalue weighted by molar-refractivity contribution is -0.0592. The summed E-state index contributed by atoms with van der Waals surface area (Å²) in [7, 11) is 0. The Kier molecular flexibility index (Phi) is 8.30. The molecule has 8 heteroatoms. The van der Waals surface area contributed by atoms with Crippen LogP contribution >= 0.6 is 0 Å². The Labute approximate surface area is 242 Å². The third-order valence-corrected chi connectivity index (χ3v) is 8.31. The number of hydrogen-bond acceptors (Lipinski definition) is 7. The van der Waals surface area contributed by atoms with Gasteiger partial charge in [0.15, 0.2) is 0 Å². The predicted octanol–water partition coefficient (Wildman–Crippen LogP) is 5.59. The van der Waals surface area contributed by atoms with Gasteiger partial charge in [-0.25, -0.2) is 9.97 Å². The molecule has 3 aromatic heterocycles. The number of benzene rings is 1. The second-order valence-electron chi connectivity index (χ2n) is 11.3. The number of pyridine rings is 2. The van der Waals surface area contributed by atoms with Crippen molar-refractivity contribution < 1.29 is 9.47 Å². The summed E-state index contributed by atoms with van der Waals surface area (Å²) in [5.41, 5.74) is 13.3. The Balaban J connectivity index is 1.08. The number of rotatable bonds is 10. The first-order valence-corrected chi connectivity index (χ1v) is 14.8. The van der Waals surface area contributed by atoms with Gasteiger partial charge in [-0.3, -0.25) is 9.88 Å². The maximum Gasteiger partial charge on any atom is 0.213 e. The minimum atomic E-state index is 0.300. The number of nitrogens with two attached hydrogens (primary N) is 1. The maximum absolute atomic E-state index is 6.12. The Hall–Kier alpha value is -3.75. The Bertz CT molecular complexity index is 1520. The van der Waals surface area contributed by atoms with Crippen LogP contribution in [0.5, 0.6) is 5.88 Å². The number of fused-ring (bicyclic) bond motifs is 1. The zero-order chi connectivity index (χ0) is 28.2. The van der Waals surface area contributed by atoms with Crippen LogP contribution in [0.25, 0.3) is 17.1 Å². The molecule has 1 aromatic carbocycles. The van der Waals surface area contributed by atoms with Gasteiger partial charge in [-0.15, -0.1) is 0 Å². The molecule has 0 amide bonds. The van der Waals surface area contributed by atoms with Crippen LogP contribution in [0.4, 0.5) is 0 Å². The standard InChI is InChI=1S/C33H40N6O2/c1-3-26(34)19-30-25(6-5-14-35-30)22-41-33-8-4-7-28(37-33)24-11-15-38(16-12-24)21-32-36-29-10-9-23(2)18-31(29)39(32)20-27-13-17-40-27/h4-10,14,18-19,24,27H,3,11-13,15-17,20-22,34H2,1-2H3. The normalized spacial score (nSPS) is 18.5. The molecule has 1 unspecified atom stereocenters. The van der Waals surface area contributed by atoms with E-state index in [1.54, 1.807) is 6.20 Å². The molecule has 8 nitrogen and oxygen atoms in total. The number of piperidine rings is 1. The number of nitrogens with zero attached hydrogens (tertiary/aromatic N) is 5. The molecule has 6 rings (SSSR count). The van der Waals surface area contributed by atoms with E-state index in [0.29, 0.717) is 24.5 Å². The lowest BCUT2D eigenvalue weighted by Gasteiger charge is -2.32. The molecule has 0 saturated carbocycles. The molecule has 0 spiro atoms. The SMILES string of the molecule is CCC(N)=Cc1ncccc1COc1cccc(C2CCN(Cc3nc4ccc(C)cc4n3CC3CCO3)CC2)n1. The van der Waals surface area contributed by atoms with E-state index in [1.165, 1.54) is 11.1 Å². The van der Waals surface area contributed by atoms with Crippen molar-refractivity contribution in [1.29, 1.82) is 0 Å². The highest BCUT2D eigenvalue weighted by Gasteiger charge is 2.26. The fraction of sp³-hybridized carbons (Fsp3) is 0.424. The molecule has 1 atom stereocenters. The molecular weight excluding hydrogens is 512 g/mol. The fourth-order valence-electron chi connectivity index (χ4n) is 5.70. The van der Waals surface area contributed by atoms with Crippen molar-refractivity contribution in [3.63, 3.8) is 0 Å². The number of likely N-dealkylation sites (tertiary alicyclic amines) is 1. The molecule has 0 aliphatic carbocycles. The van der Waals surface area contributed by atoms with Crippen molar-refractivity contribution in [3.05, 3.63) is 88.8 Å². The average Bonchev–Trinajstić information content (AvgIpc) is 3.30. The Morgan fingerprint density at radius 1 is 1.10 bits per heavy atom. The van der Waals surface area contributed by atoms with Crippen molar-refractivity contribution in [2.24, 2.45) is 5.73 Å². The van der Waals surface area contributed by atoms with Crippen LogP contribution in [-0.2, 0) is 24.4 Å². The molecule has 0 radical (unpaired) electrons. The van der Waals surface area contributed by atoms with E-state index < -0.39 is 0 Å². The van der Waals surface area contributed by atoms with Crippen LogP contribution < -0.4 is 10.5 Å². The van der Waals surface area contributed by atoms with Crippen molar-refractivity contribution >= 4 is 17.1 Å². The highest BCUT2D eigenvalue weighted by atomic mass is 16.5. The minimum Gasteiger partial charge on any atom is -0.473 e. The van der Waals surface area contributed by atoms with Gasteiger partial charge in [-0.05, 0) is 81.6 Å². The van der Waals surface area contributed by atoms with Gasteiger partial charge in [-0.2, -0.15) is 0 Å². The summed E-state index contributed by atoms with van der Waals surface area (Å²) in [4.78, 5) is 16.9. The van der Waals surface area contributed by atoms with E-state index in [4.69, 9.17) is 25.2 Å². The Morgan fingerprint density at radius 2 is 1.95 bits per heavy atom. The average molecular weight is 553 g/mol. The molecule has 2 fully saturated rings. The summed E-state index contributed by atoms with van der Waals surface area (Å²) in [6.45, 7) is 9.22.